The van der Waals surface area contributed by atoms with E-state index in [-0.39, 0.29) is 12.2 Å². The second kappa shape index (κ2) is 15.1. The van der Waals surface area contributed by atoms with Crippen molar-refractivity contribution in [2.24, 2.45) is 0 Å². The molecule has 2 aliphatic rings. The molecular weight excluding hydrogens is 689 g/mol. The van der Waals surface area contributed by atoms with Gasteiger partial charge in [-0.3, -0.25) is 10.2 Å². The van der Waals surface area contributed by atoms with Crippen molar-refractivity contribution in [3.05, 3.63) is 91.9 Å². The zero-order valence-electron chi connectivity index (χ0n) is 26.8. The minimum atomic E-state index is -3.86. The van der Waals surface area contributed by atoms with Gasteiger partial charge in [0.25, 0.3) is 16.1 Å². The van der Waals surface area contributed by atoms with Crippen molar-refractivity contribution >= 4 is 50.7 Å². The van der Waals surface area contributed by atoms with Crippen LogP contribution in [0.1, 0.15) is 51.3 Å². The van der Waals surface area contributed by atoms with Gasteiger partial charge < -0.3 is 4.90 Å². The molecule has 4 aromatic rings. The predicted molar refractivity (Wildman–Crippen MR) is 192 cm³/mol. The van der Waals surface area contributed by atoms with Crippen LogP contribution in [0.25, 0.3) is 16.3 Å². The molecule has 2 fully saturated rings. The number of carbonyl (C=O) groups is 1. The second-order valence-corrected chi connectivity index (χ2v) is 15.7. The zero-order valence-corrected chi connectivity index (χ0v) is 29.9. The van der Waals surface area contributed by atoms with Crippen LogP contribution in [0, 0.1) is 18.8 Å². The van der Waals surface area contributed by atoms with Crippen LogP contribution in [0.5, 0.6) is 0 Å². The number of carbonyl (C=O) groups excluding carboxylic acids is 1. The molecule has 14 heteroatoms. The van der Waals surface area contributed by atoms with E-state index in [1.807, 2.05) is 55.4 Å². The van der Waals surface area contributed by atoms with E-state index >= 15 is 0 Å². The third-order valence-corrected chi connectivity index (χ3v) is 11.5. The minimum Gasteiger partial charge on any atom is -0.304 e. The number of piperidine rings is 1. The number of amides is 1. The largest absolute Gasteiger partial charge is 0.304 e. The van der Waals surface area contributed by atoms with Crippen molar-refractivity contribution in [1.82, 2.24) is 34.1 Å². The fraction of sp³-hybridized carbons (Fsp3) is 0.353. The number of piperazine rings is 1. The number of rotatable bonds is 8. The van der Waals surface area contributed by atoms with Gasteiger partial charge in [-0.15, -0.1) is 11.3 Å². The number of hydrogen-bond acceptors (Lipinski definition) is 7. The summed E-state index contributed by atoms with van der Waals surface area (Å²) in [7, 11) is -1.90. The first kappa shape index (κ1) is 34.6. The summed E-state index contributed by atoms with van der Waals surface area (Å²) >= 11 is 14.4. The van der Waals surface area contributed by atoms with Crippen LogP contribution in [0.3, 0.4) is 0 Å². The van der Waals surface area contributed by atoms with Crippen molar-refractivity contribution in [3.63, 3.8) is 0 Å². The number of halogens is 2. The standard InChI is InChI=1S/C34H37Cl2N7O3S2/c1-24-6-8-25(9-7-24)10-12-27-13-15-31(47-27)33-28(23-37-48(45,46)42-20-18-40(2)19-21-42)32(34(44)39-41-16-4-3-5-17-41)38-43(33)30-14-11-26(35)22-29(30)36/h6-9,11,13-15,22,37H,3-5,16-21,23H2,1-2H3,(H,39,44). The van der Waals surface area contributed by atoms with Gasteiger partial charge in [-0.2, -0.15) is 22.5 Å². The summed E-state index contributed by atoms with van der Waals surface area (Å²) in [5.74, 6) is 6.03. The van der Waals surface area contributed by atoms with E-state index in [1.165, 1.54) is 15.6 Å². The highest BCUT2D eigenvalue weighted by molar-refractivity contribution is 7.87. The smallest absolute Gasteiger partial charge is 0.286 e. The predicted octanol–water partition coefficient (Wildman–Crippen LogP) is 5.33. The van der Waals surface area contributed by atoms with E-state index in [4.69, 9.17) is 28.3 Å². The quantitative estimate of drug-likeness (QED) is 0.238. The Bertz CT molecular complexity index is 1950. The number of benzene rings is 2. The summed E-state index contributed by atoms with van der Waals surface area (Å²) in [6.07, 6.45) is 3.05. The maximum Gasteiger partial charge on any atom is 0.286 e. The number of nitrogens with zero attached hydrogens (tertiary/aromatic N) is 5. The summed E-state index contributed by atoms with van der Waals surface area (Å²) in [5.41, 5.74) is 6.62. The summed E-state index contributed by atoms with van der Waals surface area (Å²) in [4.78, 5) is 17.6. The molecular formula is C34H37Cl2N7O3S2. The SMILES string of the molecule is Cc1ccc(C#Cc2ccc(-c3c(CNS(=O)(=O)N4CCN(C)CC4)c(C(=O)NN4CCCCC4)nn3-c3ccc(Cl)cc3Cl)s2)cc1. The lowest BCUT2D eigenvalue weighted by atomic mass is 10.1. The Morgan fingerprint density at radius 3 is 2.38 bits per heavy atom. The van der Waals surface area contributed by atoms with Gasteiger partial charge in [0.05, 0.1) is 26.2 Å². The van der Waals surface area contributed by atoms with Gasteiger partial charge in [0, 0.05) is 62.0 Å². The minimum absolute atomic E-state index is 0.100. The Kier molecular flexibility index (Phi) is 10.9. The molecule has 0 atom stereocenters. The molecule has 2 aromatic heterocycles. The lowest BCUT2D eigenvalue weighted by Gasteiger charge is -2.31. The topological polar surface area (TPSA) is 103 Å². The fourth-order valence-electron chi connectivity index (χ4n) is 5.67. The Balaban J connectivity index is 1.44. The van der Waals surface area contributed by atoms with Crippen molar-refractivity contribution in [2.45, 2.75) is 32.7 Å². The molecule has 0 saturated carbocycles. The molecule has 0 unspecified atom stereocenters. The van der Waals surface area contributed by atoms with Crippen molar-refractivity contribution in [2.75, 3.05) is 46.3 Å². The number of thiophene rings is 1. The lowest BCUT2D eigenvalue weighted by Crippen LogP contribution is -2.50. The molecule has 48 heavy (non-hydrogen) atoms. The molecule has 2 N–H and O–H groups in total. The molecule has 1 amide bonds. The van der Waals surface area contributed by atoms with Gasteiger partial charge >= 0.3 is 0 Å². The number of hydrogen-bond donors (Lipinski definition) is 2. The lowest BCUT2D eigenvalue weighted by molar-refractivity contribution is 0.0743. The van der Waals surface area contributed by atoms with Gasteiger partial charge in [0.1, 0.15) is 0 Å². The third kappa shape index (κ3) is 8.13. The van der Waals surface area contributed by atoms with E-state index in [0.717, 1.165) is 53.2 Å². The van der Waals surface area contributed by atoms with E-state index < -0.39 is 16.1 Å². The van der Waals surface area contributed by atoms with Crippen LogP contribution in [0.2, 0.25) is 10.0 Å². The Morgan fingerprint density at radius 1 is 0.938 bits per heavy atom. The molecule has 2 aliphatic heterocycles. The highest BCUT2D eigenvalue weighted by atomic mass is 35.5. The van der Waals surface area contributed by atoms with Crippen LogP contribution < -0.4 is 10.1 Å². The Labute approximate surface area is 295 Å². The van der Waals surface area contributed by atoms with E-state index in [1.54, 1.807) is 22.9 Å². The van der Waals surface area contributed by atoms with Crippen molar-refractivity contribution in [3.8, 4) is 28.1 Å². The summed E-state index contributed by atoms with van der Waals surface area (Å²) in [6.45, 7) is 5.31. The maximum absolute atomic E-state index is 14.0. The summed E-state index contributed by atoms with van der Waals surface area (Å²) in [6, 6.07) is 16.9. The number of aryl methyl sites for hydroxylation is 1. The van der Waals surface area contributed by atoms with Gasteiger partial charge in [-0.05, 0) is 69.3 Å². The second-order valence-electron chi connectivity index (χ2n) is 12.0. The van der Waals surface area contributed by atoms with Gasteiger partial charge in [0.15, 0.2) is 5.69 Å². The monoisotopic (exact) mass is 725 g/mol. The van der Waals surface area contributed by atoms with Crippen LogP contribution in [0.4, 0.5) is 0 Å². The molecule has 252 valence electrons. The third-order valence-electron chi connectivity index (χ3n) is 8.41. The van der Waals surface area contributed by atoms with Crippen molar-refractivity contribution in [1.29, 1.82) is 0 Å². The van der Waals surface area contributed by atoms with E-state index in [2.05, 4.69) is 26.9 Å². The highest BCUT2D eigenvalue weighted by Gasteiger charge is 2.31. The first-order valence-corrected chi connectivity index (χ1v) is 18.8. The molecule has 2 aromatic carbocycles. The van der Waals surface area contributed by atoms with E-state index in [9.17, 15) is 13.2 Å². The molecule has 0 spiro atoms. The molecule has 10 nitrogen and oxygen atoms in total. The molecule has 2 saturated heterocycles. The van der Waals surface area contributed by atoms with Crippen molar-refractivity contribution < 1.29 is 13.2 Å². The first-order valence-electron chi connectivity index (χ1n) is 15.8. The average molecular weight is 727 g/mol. The van der Waals surface area contributed by atoms with Gasteiger partial charge in [-0.1, -0.05) is 59.2 Å². The number of nitrogens with one attached hydrogen (secondary N) is 2. The summed E-state index contributed by atoms with van der Waals surface area (Å²) in [5, 5.41) is 7.48. The summed E-state index contributed by atoms with van der Waals surface area (Å²) < 4.78 is 32.9. The van der Waals surface area contributed by atoms with Crippen LogP contribution in [-0.4, -0.2) is 84.6 Å². The Morgan fingerprint density at radius 2 is 1.67 bits per heavy atom. The van der Waals surface area contributed by atoms with Crippen LogP contribution in [0.15, 0.2) is 54.6 Å². The zero-order chi connectivity index (χ0) is 33.8. The fourth-order valence-corrected chi connectivity index (χ4v) is 8.23. The number of aromatic nitrogens is 2. The molecule has 4 heterocycles. The van der Waals surface area contributed by atoms with E-state index in [0.29, 0.717) is 53.2 Å². The first-order chi connectivity index (χ1) is 23.1. The normalized spacial score (nSPS) is 16.4. The highest BCUT2D eigenvalue weighted by Crippen LogP contribution is 2.37. The average Bonchev–Trinajstić information content (AvgIpc) is 3.69. The maximum atomic E-state index is 14.0. The molecule has 6 rings (SSSR count). The number of likely N-dealkylation sites (N-methyl/N-ethyl adjacent to an activating group) is 1. The number of hydrazine groups is 1. The van der Waals surface area contributed by atoms with Crippen LogP contribution in [-0.2, 0) is 16.8 Å². The van der Waals surface area contributed by atoms with Crippen LogP contribution >= 0.6 is 34.5 Å². The molecule has 0 aliphatic carbocycles. The Hall–Kier alpha value is -3.25. The molecule has 0 bridgehead atoms. The van der Waals surface area contributed by atoms with Gasteiger partial charge in [-0.25, -0.2) is 9.69 Å². The molecule has 0 radical (unpaired) electrons. The van der Waals surface area contributed by atoms with Gasteiger partial charge in [0.2, 0.25) is 0 Å².